The van der Waals surface area contributed by atoms with Crippen molar-refractivity contribution < 1.29 is 4.68 Å². The minimum Gasteiger partial charge on any atom is -0.157 e. The summed E-state index contributed by atoms with van der Waals surface area (Å²) in [6.07, 6.45) is 4.12. The van der Waals surface area contributed by atoms with Gasteiger partial charge in [-0.15, -0.1) is 4.68 Å². The van der Waals surface area contributed by atoms with E-state index in [4.69, 9.17) is 0 Å². The topological polar surface area (TPSA) is 8.81 Å². The summed E-state index contributed by atoms with van der Waals surface area (Å²) in [5, 5.41) is 0. The lowest BCUT2D eigenvalue weighted by atomic mass is 10.2. The van der Waals surface area contributed by atoms with E-state index in [9.17, 15) is 0 Å². The second-order valence-corrected chi connectivity index (χ2v) is 3.15. The molecule has 0 amide bonds. The smallest absolute Gasteiger partial charge is 0.157 e. The molecule has 0 bridgehead atoms. The molecule has 2 aromatic rings. The number of hydrogen-bond donors (Lipinski definition) is 0. The van der Waals surface area contributed by atoms with Gasteiger partial charge in [0.15, 0.2) is 13.2 Å². The molecule has 2 heteroatoms. The number of aryl methyl sites for hydroxylation is 1. The summed E-state index contributed by atoms with van der Waals surface area (Å²) in [6, 6.07) is 12.5. The van der Waals surface area contributed by atoms with E-state index in [-0.39, 0.29) is 0 Å². The molecule has 1 heterocycles. The average Bonchev–Trinajstić information content (AvgIpc) is 2.54. The highest BCUT2D eigenvalue weighted by Gasteiger charge is 2.01. The van der Waals surface area contributed by atoms with Gasteiger partial charge in [-0.25, -0.2) is 0 Å². The third-order valence-corrected chi connectivity index (χ3v) is 2.15. The lowest BCUT2D eigenvalue weighted by Gasteiger charge is -1.99. The predicted molar refractivity (Wildman–Crippen MR) is 51.2 cm³/mol. The van der Waals surface area contributed by atoms with Crippen molar-refractivity contribution >= 4 is 0 Å². The Morgan fingerprint density at radius 2 is 1.92 bits per heavy atom. The monoisotopic (exact) mass is 173 g/mol. The molecule has 0 N–H and O–H groups in total. The van der Waals surface area contributed by atoms with E-state index >= 15 is 0 Å². The molecule has 66 valence electrons. The van der Waals surface area contributed by atoms with Crippen molar-refractivity contribution in [2.75, 3.05) is 0 Å². The fourth-order valence-electron chi connectivity index (χ4n) is 1.39. The zero-order valence-corrected chi connectivity index (χ0v) is 7.72. The fraction of sp³-hybridized carbons (Fsp3) is 0.182. The number of aromatic nitrogens is 2. The van der Waals surface area contributed by atoms with Gasteiger partial charge in [0.05, 0.1) is 6.20 Å². The van der Waals surface area contributed by atoms with Gasteiger partial charge in [0.1, 0.15) is 6.54 Å². The summed E-state index contributed by atoms with van der Waals surface area (Å²) >= 11 is 0. The average molecular weight is 173 g/mol. The van der Waals surface area contributed by atoms with E-state index in [1.165, 1.54) is 5.56 Å². The lowest BCUT2D eigenvalue weighted by Crippen LogP contribution is -2.37. The van der Waals surface area contributed by atoms with Gasteiger partial charge in [-0.2, -0.15) is 4.68 Å². The zero-order valence-electron chi connectivity index (χ0n) is 7.72. The van der Waals surface area contributed by atoms with Crippen molar-refractivity contribution in [1.29, 1.82) is 0 Å². The highest BCUT2D eigenvalue weighted by Crippen LogP contribution is 1.99. The van der Waals surface area contributed by atoms with Crippen molar-refractivity contribution in [1.82, 2.24) is 4.68 Å². The Labute approximate surface area is 78.0 Å². The first-order chi connectivity index (χ1) is 6.36. The van der Waals surface area contributed by atoms with Gasteiger partial charge in [-0.1, -0.05) is 30.3 Å². The first-order valence-electron chi connectivity index (χ1n) is 4.41. The van der Waals surface area contributed by atoms with Crippen LogP contribution in [-0.2, 0) is 13.6 Å². The van der Waals surface area contributed by atoms with Crippen LogP contribution >= 0.6 is 0 Å². The molecule has 0 unspecified atom stereocenters. The van der Waals surface area contributed by atoms with Gasteiger partial charge < -0.3 is 0 Å². The van der Waals surface area contributed by atoms with Gasteiger partial charge in [0, 0.05) is 6.07 Å². The van der Waals surface area contributed by atoms with Crippen molar-refractivity contribution in [3.05, 3.63) is 54.4 Å². The van der Waals surface area contributed by atoms with Crippen molar-refractivity contribution in [2.24, 2.45) is 7.05 Å². The Morgan fingerprint density at radius 1 is 1.15 bits per heavy atom. The molecule has 0 aliphatic carbocycles. The fourth-order valence-corrected chi connectivity index (χ4v) is 1.39. The van der Waals surface area contributed by atoms with Crippen LogP contribution in [0.2, 0.25) is 0 Å². The Bertz CT molecular complexity index is 376. The largest absolute Gasteiger partial charge is 0.195 e. The Hall–Kier alpha value is -1.57. The maximum atomic E-state index is 2.16. The normalized spacial score (nSPS) is 10.2. The van der Waals surface area contributed by atoms with Gasteiger partial charge in [-0.05, 0) is 5.56 Å². The zero-order chi connectivity index (χ0) is 9.10. The molecule has 0 aliphatic rings. The first-order valence-corrected chi connectivity index (χ1v) is 4.41. The summed E-state index contributed by atoms with van der Waals surface area (Å²) in [7, 11) is 2.04. The quantitative estimate of drug-likeness (QED) is 0.606. The van der Waals surface area contributed by atoms with E-state index in [1.807, 2.05) is 25.4 Å². The molecule has 1 aromatic heterocycles. The third kappa shape index (κ3) is 1.78. The second kappa shape index (κ2) is 3.44. The maximum Gasteiger partial charge on any atom is 0.195 e. The second-order valence-electron chi connectivity index (χ2n) is 3.15. The molecule has 0 fully saturated rings. The molecular weight excluding hydrogens is 160 g/mol. The van der Waals surface area contributed by atoms with Gasteiger partial charge in [-0.3, -0.25) is 0 Å². The van der Waals surface area contributed by atoms with Crippen LogP contribution in [0.1, 0.15) is 5.56 Å². The number of rotatable bonds is 2. The van der Waals surface area contributed by atoms with Crippen molar-refractivity contribution in [2.45, 2.75) is 6.54 Å². The molecule has 0 saturated heterocycles. The van der Waals surface area contributed by atoms with E-state index in [0.29, 0.717) is 0 Å². The van der Waals surface area contributed by atoms with Crippen LogP contribution in [0.4, 0.5) is 0 Å². The summed E-state index contributed by atoms with van der Waals surface area (Å²) in [4.78, 5) is 0. The molecule has 0 atom stereocenters. The van der Waals surface area contributed by atoms with E-state index < -0.39 is 0 Å². The Kier molecular flexibility index (Phi) is 2.13. The highest BCUT2D eigenvalue weighted by molar-refractivity contribution is 5.14. The SMILES string of the molecule is C[n+]1cccn1Cc1ccccc1. The number of hydrogen-bond acceptors (Lipinski definition) is 0. The molecule has 0 aliphatic heterocycles. The minimum absolute atomic E-state index is 0.935. The van der Waals surface area contributed by atoms with Gasteiger partial charge in [0.2, 0.25) is 0 Å². The summed E-state index contributed by atoms with van der Waals surface area (Å²) in [6.45, 7) is 0.935. The van der Waals surface area contributed by atoms with Crippen LogP contribution in [0.3, 0.4) is 0 Å². The highest BCUT2D eigenvalue weighted by atomic mass is 15.4. The maximum absolute atomic E-state index is 2.16. The van der Waals surface area contributed by atoms with Gasteiger partial charge in [0.25, 0.3) is 0 Å². The third-order valence-electron chi connectivity index (χ3n) is 2.15. The summed E-state index contributed by atoms with van der Waals surface area (Å²) in [5.74, 6) is 0. The standard InChI is InChI=1S/C11H13N2/c1-12-8-5-9-13(12)10-11-6-3-2-4-7-11/h2-9H,10H2,1H3/q+1. The van der Waals surface area contributed by atoms with Crippen LogP contribution in [-0.4, -0.2) is 4.68 Å². The number of nitrogens with zero attached hydrogens (tertiary/aromatic N) is 2. The van der Waals surface area contributed by atoms with Crippen LogP contribution in [0.25, 0.3) is 0 Å². The molecule has 0 spiro atoms. The molecule has 2 nitrogen and oxygen atoms in total. The minimum atomic E-state index is 0.935. The molecular formula is C11H13N2+. The van der Waals surface area contributed by atoms with E-state index in [0.717, 1.165) is 6.54 Å². The molecule has 13 heavy (non-hydrogen) atoms. The summed E-state index contributed by atoms with van der Waals surface area (Å²) in [5.41, 5.74) is 1.33. The molecule has 0 saturated carbocycles. The van der Waals surface area contributed by atoms with Crippen molar-refractivity contribution in [3.63, 3.8) is 0 Å². The molecule has 1 aromatic carbocycles. The van der Waals surface area contributed by atoms with Crippen molar-refractivity contribution in [3.8, 4) is 0 Å². The lowest BCUT2D eigenvalue weighted by molar-refractivity contribution is -0.752. The summed E-state index contributed by atoms with van der Waals surface area (Å²) < 4.78 is 4.24. The number of benzene rings is 1. The Balaban J connectivity index is 2.20. The Morgan fingerprint density at radius 3 is 2.54 bits per heavy atom. The van der Waals surface area contributed by atoms with Crippen LogP contribution < -0.4 is 4.68 Å². The van der Waals surface area contributed by atoms with E-state index in [2.05, 4.69) is 39.8 Å². The van der Waals surface area contributed by atoms with Crippen LogP contribution in [0.5, 0.6) is 0 Å². The predicted octanol–water partition coefficient (Wildman–Crippen LogP) is 1.36. The van der Waals surface area contributed by atoms with Crippen LogP contribution in [0, 0.1) is 0 Å². The van der Waals surface area contributed by atoms with E-state index in [1.54, 1.807) is 0 Å². The van der Waals surface area contributed by atoms with Gasteiger partial charge >= 0.3 is 0 Å². The molecule has 2 rings (SSSR count). The first kappa shape index (κ1) is 8.05. The van der Waals surface area contributed by atoms with Crippen LogP contribution in [0.15, 0.2) is 48.8 Å². The molecule has 0 radical (unpaired) electrons.